The van der Waals surface area contributed by atoms with Crippen LogP contribution >= 0.6 is 0 Å². The molecule has 2 aromatic heterocycles. The molecule has 0 aliphatic carbocycles. The van der Waals surface area contributed by atoms with Crippen LogP contribution in [0.4, 0.5) is 26.4 Å². The third-order valence-corrected chi connectivity index (χ3v) is 6.39. The fourth-order valence-corrected chi connectivity index (χ4v) is 4.60. The number of nitriles is 1. The summed E-state index contributed by atoms with van der Waals surface area (Å²) in [4.78, 5) is 25.4. The first-order chi connectivity index (χ1) is 16.9. The van der Waals surface area contributed by atoms with Gasteiger partial charge < -0.3 is 16.8 Å². The molecule has 0 saturated heterocycles. The second-order valence-corrected chi connectivity index (χ2v) is 9.76. The number of para-hydroxylation sites is 1. The lowest BCUT2D eigenvalue weighted by molar-refractivity contribution is 0.557. The number of nitrogens with zero attached hydrogens (tertiary/aromatic N) is 5. The first-order valence-electron chi connectivity index (χ1n) is 10.2. The maximum absolute atomic E-state index is 14.9. The van der Waals surface area contributed by atoms with Crippen molar-refractivity contribution >= 4 is 38.3 Å². The van der Waals surface area contributed by atoms with Crippen LogP contribution in [0.25, 0.3) is 16.6 Å². The smallest absolute Gasteiger partial charge is 0.267 e. The Morgan fingerprint density at radius 3 is 2.33 bits per heavy atom. The van der Waals surface area contributed by atoms with Crippen LogP contribution in [0.5, 0.6) is 0 Å². The van der Waals surface area contributed by atoms with E-state index in [1.165, 1.54) is 25.1 Å². The molecule has 4 aromatic rings. The molecule has 184 valence electrons. The van der Waals surface area contributed by atoms with Gasteiger partial charge in [-0.15, -0.1) is 0 Å². The minimum atomic E-state index is -3.91. The lowest BCUT2D eigenvalue weighted by Gasteiger charge is -2.21. The van der Waals surface area contributed by atoms with Crippen molar-refractivity contribution in [3.05, 3.63) is 69.8 Å². The van der Waals surface area contributed by atoms with Crippen LogP contribution in [0.15, 0.2) is 46.1 Å². The van der Waals surface area contributed by atoms with E-state index in [-0.39, 0.29) is 44.8 Å². The number of nitrogen functional groups attached to an aromatic ring is 2. The summed E-state index contributed by atoms with van der Waals surface area (Å²) in [6.07, 6.45) is 0.903. The van der Waals surface area contributed by atoms with Gasteiger partial charge in [0.15, 0.2) is 15.7 Å². The number of rotatable bonds is 5. The first kappa shape index (κ1) is 24.5. The van der Waals surface area contributed by atoms with Crippen molar-refractivity contribution in [1.29, 1.82) is 5.26 Å². The number of nitrogens with one attached hydrogen (secondary N) is 1. The highest BCUT2D eigenvalue weighted by molar-refractivity contribution is 7.91. The molecule has 0 amide bonds. The molecular formula is C22H18F2N8O3S. The molecule has 2 heterocycles. The van der Waals surface area contributed by atoms with E-state index in [9.17, 15) is 27.3 Å². The van der Waals surface area contributed by atoms with Crippen molar-refractivity contribution in [1.82, 2.24) is 19.5 Å². The Morgan fingerprint density at radius 1 is 1.08 bits per heavy atom. The van der Waals surface area contributed by atoms with Crippen LogP contribution in [0.1, 0.15) is 24.4 Å². The van der Waals surface area contributed by atoms with E-state index in [1.54, 1.807) is 0 Å². The highest BCUT2D eigenvalue weighted by Crippen LogP contribution is 2.28. The molecule has 0 fully saturated rings. The molecule has 11 nitrogen and oxygen atoms in total. The molecule has 0 bridgehead atoms. The number of hydrogen-bond donors (Lipinski definition) is 3. The molecule has 36 heavy (non-hydrogen) atoms. The number of sulfone groups is 1. The maximum Gasteiger partial charge on any atom is 0.267 e. The van der Waals surface area contributed by atoms with Gasteiger partial charge >= 0.3 is 0 Å². The SMILES string of the molecule is C[C@H](Nc1nc(N)nc(N)c1C#N)c1nc2cccc(S(C)(=O)=O)c2c(=O)n1-c1c(F)cccc1F. The van der Waals surface area contributed by atoms with Gasteiger partial charge in [0.1, 0.15) is 40.6 Å². The number of fused-ring (bicyclic) bond motifs is 1. The van der Waals surface area contributed by atoms with Crippen molar-refractivity contribution in [3.63, 3.8) is 0 Å². The predicted octanol–water partition coefficient (Wildman–Crippen LogP) is 2.07. The van der Waals surface area contributed by atoms with E-state index in [0.29, 0.717) is 4.57 Å². The minimum Gasteiger partial charge on any atom is -0.382 e. The summed E-state index contributed by atoms with van der Waals surface area (Å²) in [7, 11) is -3.91. The number of nitrogens with two attached hydrogens (primary N) is 2. The quantitative estimate of drug-likeness (QED) is 0.358. The molecule has 5 N–H and O–H groups in total. The molecule has 14 heteroatoms. The zero-order valence-corrected chi connectivity index (χ0v) is 19.6. The van der Waals surface area contributed by atoms with Crippen LogP contribution in [-0.2, 0) is 9.84 Å². The van der Waals surface area contributed by atoms with Crippen LogP contribution < -0.4 is 22.3 Å². The van der Waals surface area contributed by atoms with E-state index in [4.69, 9.17) is 11.5 Å². The van der Waals surface area contributed by atoms with Gasteiger partial charge in [-0.3, -0.25) is 9.36 Å². The number of hydrogen-bond acceptors (Lipinski definition) is 10. The summed E-state index contributed by atoms with van der Waals surface area (Å²) in [6.45, 7) is 1.49. The third kappa shape index (κ3) is 4.16. The summed E-state index contributed by atoms with van der Waals surface area (Å²) >= 11 is 0. The minimum absolute atomic E-state index is 0.0261. The average Bonchev–Trinajstić information content (AvgIpc) is 2.78. The van der Waals surface area contributed by atoms with Crippen LogP contribution in [-0.4, -0.2) is 34.2 Å². The maximum atomic E-state index is 14.9. The lowest BCUT2D eigenvalue weighted by Crippen LogP contribution is -2.30. The van der Waals surface area contributed by atoms with Gasteiger partial charge in [-0.05, 0) is 31.2 Å². The van der Waals surface area contributed by atoms with Gasteiger partial charge in [0, 0.05) is 6.26 Å². The van der Waals surface area contributed by atoms with E-state index >= 15 is 0 Å². The highest BCUT2D eigenvalue weighted by atomic mass is 32.2. The van der Waals surface area contributed by atoms with E-state index < -0.39 is 38.8 Å². The van der Waals surface area contributed by atoms with Crippen molar-refractivity contribution < 1.29 is 17.2 Å². The van der Waals surface area contributed by atoms with Gasteiger partial charge in [0.25, 0.3) is 5.56 Å². The topological polar surface area (TPSA) is 183 Å². The summed E-state index contributed by atoms with van der Waals surface area (Å²) in [6, 6.07) is 7.80. The fourth-order valence-electron chi connectivity index (χ4n) is 3.72. The van der Waals surface area contributed by atoms with Crippen molar-refractivity contribution in [3.8, 4) is 11.8 Å². The summed E-state index contributed by atoms with van der Waals surface area (Å²) in [5.74, 6) is -2.94. The molecule has 0 aliphatic heterocycles. The first-order valence-corrected chi connectivity index (χ1v) is 12.1. The van der Waals surface area contributed by atoms with Crippen LogP contribution in [0, 0.1) is 23.0 Å². The number of anilines is 3. The Morgan fingerprint density at radius 2 is 1.72 bits per heavy atom. The molecule has 0 unspecified atom stereocenters. The second kappa shape index (κ2) is 8.86. The fraction of sp³-hybridized carbons (Fsp3) is 0.136. The highest BCUT2D eigenvalue weighted by Gasteiger charge is 2.26. The van der Waals surface area contributed by atoms with Gasteiger partial charge in [-0.2, -0.15) is 15.2 Å². The monoisotopic (exact) mass is 512 g/mol. The predicted molar refractivity (Wildman–Crippen MR) is 128 cm³/mol. The Hall–Kier alpha value is -4.64. The van der Waals surface area contributed by atoms with Gasteiger partial charge in [0.05, 0.1) is 21.8 Å². The van der Waals surface area contributed by atoms with Crippen LogP contribution in [0.2, 0.25) is 0 Å². The van der Waals surface area contributed by atoms with E-state index in [1.807, 2.05) is 6.07 Å². The summed E-state index contributed by atoms with van der Waals surface area (Å²) < 4.78 is 55.2. The number of aromatic nitrogens is 4. The molecule has 0 spiro atoms. The molecule has 2 aromatic carbocycles. The van der Waals surface area contributed by atoms with Crippen LogP contribution in [0.3, 0.4) is 0 Å². The molecule has 0 radical (unpaired) electrons. The van der Waals surface area contributed by atoms with Gasteiger partial charge in [0.2, 0.25) is 5.95 Å². The van der Waals surface area contributed by atoms with Crippen molar-refractivity contribution in [2.45, 2.75) is 17.9 Å². The molecule has 1 atom stereocenters. The second-order valence-electron chi connectivity index (χ2n) is 7.77. The van der Waals surface area contributed by atoms with Gasteiger partial charge in [-0.1, -0.05) is 12.1 Å². The number of benzene rings is 2. The largest absolute Gasteiger partial charge is 0.382 e. The van der Waals surface area contributed by atoms with Crippen molar-refractivity contribution in [2.24, 2.45) is 0 Å². The molecule has 0 aliphatic rings. The van der Waals surface area contributed by atoms with Gasteiger partial charge in [-0.25, -0.2) is 22.2 Å². The Balaban J connectivity index is 2.07. The zero-order valence-electron chi connectivity index (χ0n) is 18.8. The standard InChI is InChI=1S/C22H18F2N8O3S/c1-10(28-19-11(9-25)18(26)30-22(27)31-19)20-29-14-7-4-8-15(36(2,34)35)16(14)21(33)32(20)17-12(23)5-3-6-13(17)24/h3-8,10H,1-2H3,(H5,26,27,28,30,31)/t10-/m0/s1. The molecule has 0 saturated carbocycles. The van der Waals surface area contributed by atoms with E-state index in [2.05, 4.69) is 20.3 Å². The Kier molecular flexibility index (Phi) is 6.02. The molecule has 4 rings (SSSR count). The zero-order chi connectivity index (χ0) is 26.4. The normalized spacial score (nSPS) is 12.3. The summed E-state index contributed by atoms with van der Waals surface area (Å²) in [5, 5.41) is 11.9. The average molecular weight is 513 g/mol. The van der Waals surface area contributed by atoms with Crippen molar-refractivity contribution in [2.75, 3.05) is 23.0 Å². The molecular weight excluding hydrogens is 494 g/mol. The Bertz CT molecular complexity index is 1730. The third-order valence-electron chi connectivity index (χ3n) is 5.25. The Labute approximate surface area is 203 Å². The summed E-state index contributed by atoms with van der Waals surface area (Å²) in [5.41, 5.74) is 9.43. The number of halogens is 2. The lowest BCUT2D eigenvalue weighted by atomic mass is 10.2. The van der Waals surface area contributed by atoms with E-state index in [0.717, 1.165) is 24.5 Å².